The van der Waals surface area contributed by atoms with Crippen molar-refractivity contribution in [2.24, 2.45) is 13.0 Å². The highest BCUT2D eigenvalue weighted by atomic mass is 19.1. The van der Waals surface area contributed by atoms with Gasteiger partial charge in [0.05, 0.1) is 16.8 Å². The minimum absolute atomic E-state index is 0.0687. The van der Waals surface area contributed by atoms with Gasteiger partial charge in [-0.3, -0.25) is 9.48 Å². The first kappa shape index (κ1) is 18.8. The van der Waals surface area contributed by atoms with E-state index in [1.807, 2.05) is 24.7 Å². The van der Waals surface area contributed by atoms with Crippen LogP contribution >= 0.6 is 0 Å². The molecule has 3 saturated carbocycles. The lowest BCUT2D eigenvalue weighted by molar-refractivity contribution is -0.174. The Morgan fingerprint density at radius 3 is 2.60 bits per heavy atom. The standard InChI is InChI=1S/C24H30FN3O2/c1-13(7-20(29)28-16-8-14-9-17(28)12-24(30,10-14)11-16)23-22-19(27(2)26-23)6-5-18(25)21(22)15-3-4-15/h5-6,13-17,30H,3-4,7-12H2,1-2H3. The topological polar surface area (TPSA) is 58.4 Å². The van der Waals surface area contributed by atoms with Gasteiger partial charge < -0.3 is 10.0 Å². The van der Waals surface area contributed by atoms with Crippen molar-refractivity contribution in [3.8, 4) is 0 Å². The number of benzene rings is 1. The van der Waals surface area contributed by atoms with Gasteiger partial charge in [-0.1, -0.05) is 6.92 Å². The Morgan fingerprint density at radius 1 is 1.27 bits per heavy atom. The summed E-state index contributed by atoms with van der Waals surface area (Å²) in [5, 5.41) is 16.5. The fourth-order valence-electron chi connectivity index (χ4n) is 6.96. The molecule has 5 aliphatic rings. The van der Waals surface area contributed by atoms with E-state index in [4.69, 9.17) is 5.10 Å². The fourth-order valence-corrected chi connectivity index (χ4v) is 6.96. The van der Waals surface area contributed by atoms with Crippen molar-refractivity contribution in [1.29, 1.82) is 0 Å². The first-order valence-electron chi connectivity index (χ1n) is 11.5. The molecule has 1 aromatic heterocycles. The van der Waals surface area contributed by atoms with Crippen molar-refractivity contribution < 1.29 is 14.3 Å². The summed E-state index contributed by atoms with van der Waals surface area (Å²) in [7, 11) is 1.90. The molecule has 0 spiro atoms. The molecule has 4 bridgehead atoms. The van der Waals surface area contributed by atoms with Crippen molar-refractivity contribution in [2.45, 2.75) is 87.8 Å². The number of carbonyl (C=O) groups excluding carboxylic acids is 1. The molecule has 5 nitrogen and oxygen atoms in total. The van der Waals surface area contributed by atoms with Crippen molar-refractivity contribution in [3.63, 3.8) is 0 Å². The quantitative estimate of drug-likeness (QED) is 0.828. The van der Waals surface area contributed by atoms with Crippen molar-refractivity contribution in [1.82, 2.24) is 14.7 Å². The van der Waals surface area contributed by atoms with Crippen LogP contribution in [-0.4, -0.2) is 43.4 Å². The van der Waals surface area contributed by atoms with E-state index in [0.717, 1.165) is 67.1 Å². The summed E-state index contributed by atoms with van der Waals surface area (Å²) < 4.78 is 16.5. The number of aryl methyl sites for hydroxylation is 1. The number of piperidine rings is 2. The molecule has 3 heterocycles. The summed E-state index contributed by atoms with van der Waals surface area (Å²) in [5.41, 5.74) is 2.05. The Bertz CT molecular complexity index is 1030. The molecule has 7 rings (SSSR count). The number of carbonyl (C=O) groups is 1. The Hall–Kier alpha value is -1.95. The van der Waals surface area contributed by atoms with E-state index < -0.39 is 5.60 Å². The van der Waals surface area contributed by atoms with Crippen molar-refractivity contribution >= 4 is 16.8 Å². The van der Waals surface area contributed by atoms with Gasteiger partial charge in [0, 0.05) is 42.4 Å². The third kappa shape index (κ3) is 2.75. The molecule has 2 saturated heterocycles. The predicted octanol–water partition coefficient (Wildman–Crippen LogP) is 3.99. The van der Waals surface area contributed by atoms with Gasteiger partial charge >= 0.3 is 0 Å². The number of aromatic nitrogens is 2. The Kier molecular flexibility index (Phi) is 3.94. The molecule has 3 unspecified atom stereocenters. The van der Waals surface area contributed by atoms with Gasteiger partial charge in [0.25, 0.3) is 0 Å². The normalized spacial score (nSPS) is 33.5. The van der Waals surface area contributed by atoms with Crippen LogP contribution in [-0.2, 0) is 11.8 Å². The lowest BCUT2D eigenvalue weighted by atomic mass is 9.61. The number of fused-ring (bicyclic) bond motifs is 1. The van der Waals surface area contributed by atoms with Crippen LogP contribution in [0.15, 0.2) is 12.1 Å². The average molecular weight is 412 g/mol. The molecular weight excluding hydrogens is 381 g/mol. The minimum atomic E-state index is -0.549. The molecule has 1 amide bonds. The summed E-state index contributed by atoms with van der Waals surface area (Å²) in [4.78, 5) is 15.5. The third-order valence-corrected chi connectivity index (χ3v) is 8.15. The molecule has 2 aliphatic heterocycles. The van der Waals surface area contributed by atoms with Gasteiger partial charge in [0.1, 0.15) is 5.82 Å². The van der Waals surface area contributed by atoms with Crippen molar-refractivity contribution in [3.05, 3.63) is 29.2 Å². The summed E-state index contributed by atoms with van der Waals surface area (Å²) in [6.45, 7) is 2.05. The second kappa shape index (κ2) is 6.28. The summed E-state index contributed by atoms with van der Waals surface area (Å²) in [5.74, 6) is 0.811. The molecular formula is C24H30FN3O2. The monoisotopic (exact) mass is 411 g/mol. The SMILES string of the molecule is CC(CC(=O)N1C2CC3CC1CC(O)(C3)C2)c1nn(C)c2ccc(F)c(C3CC3)c12. The van der Waals surface area contributed by atoms with E-state index in [1.54, 1.807) is 6.07 Å². The molecule has 1 N–H and O–H groups in total. The highest BCUT2D eigenvalue weighted by Crippen LogP contribution is 2.52. The van der Waals surface area contributed by atoms with Gasteiger partial charge in [-0.25, -0.2) is 4.39 Å². The van der Waals surface area contributed by atoms with E-state index in [0.29, 0.717) is 12.3 Å². The first-order chi connectivity index (χ1) is 14.3. The Labute approximate surface area is 176 Å². The van der Waals surface area contributed by atoms with Crippen molar-refractivity contribution in [2.75, 3.05) is 0 Å². The zero-order valence-corrected chi connectivity index (χ0v) is 17.8. The van der Waals surface area contributed by atoms with Gasteiger partial charge in [-0.05, 0) is 68.9 Å². The zero-order valence-electron chi connectivity index (χ0n) is 17.8. The highest BCUT2D eigenvalue weighted by molar-refractivity contribution is 5.88. The number of rotatable bonds is 4. The lowest BCUT2D eigenvalue weighted by Gasteiger charge is -2.59. The Balaban J connectivity index is 1.30. The molecule has 5 fully saturated rings. The minimum Gasteiger partial charge on any atom is -0.390 e. The number of hydrogen-bond donors (Lipinski definition) is 1. The fraction of sp³-hybridized carbons (Fsp3) is 0.667. The second-order valence-corrected chi connectivity index (χ2v) is 10.5. The molecule has 3 aliphatic carbocycles. The molecule has 30 heavy (non-hydrogen) atoms. The van der Waals surface area contributed by atoms with E-state index in [9.17, 15) is 14.3 Å². The molecule has 0 radical (unpaired) electrons. The number of halogens is 1. The highest BCUT2D eigenvalue weighted by Gasteiger charge is 2.55. The van der Waals surface area contributed by atoms with Crippen LogP contribution in [0.3, 0.4) is 0 Å². The van der Waals surface area contributed by atoms with Crippen LogP contribution < -0.4 is 0 Å². The smallest absolute Gasteiger partial charge is 0.223 e. The predicted molar refractivity (Wildman–Crippen MR) is 112 cm³/mol. The number of aliphatic hydroxyl groups is 1. The summed E-state index contributed by atoms with van der Waals surface area (Å²) in [6.07, 6.45) is 6.87. The van der Waals surface area contributed by atoms with Crippen LogP contribution in [0.4, 0.5) is 4.39 Å². The van der Waals surface area contributed by atoms with Gasteiger partial charge in [-0.2, -0.15) is 5.10 Å². The van der Waals surface area contributed by atoms with Crippen LogP contribution in [0, 0.1) is 11.7 Å². The number of hydrogen-bond acceptors (Lipinski definition) is 3. The molecule has 2 aromatic rings. The number of amides is 1. The van der Waals surface area contributed by atoms with Gasteiger partial charge in [0.2, 0.25) is 5.91 Å². The molecule has 6 heteroatoms. The van der Waals surface area contributed by atoms with Crippen LogP contribution in [0.1, 0.15) is 81.4 Å². The van der Waals surface area contributed by atoms with E-state index in [2.05, 4.69) is 4.90 Å². The average Bonchev–Trinajstić information content (AvgIpc) is 3.43. The summed E-state index contributed by atoms with van der Waals surface area (Å²) >= 11 is 0. The third-order valence-electron chi connectivity index (χ3n) is 8.15. The summed E-state index contributed by atoms with van der Waals surface area (Å²) in [6, 6.07) is 3.73. The van der Waals surface area contributed by atoms with E-state index in [-0.39, 0.29) is 35.6 Å². The van der Waals surface area contributed by atoms with Crippen LogP contribution in [0.25, 0.3) is 10.9 Å². The maximum absolute atomic E-state index is 14.7. The largest absolute Gasteiger partial charge is 0.390 e. The molecule has 1 aromatic carbocycles. The van der Waals surface area contributed by atoms with E-state index in [1.165, 1.54) is 0 Å². The van der Waals surface area contributed by atoms with Gasteiger partial charge in [-0.15, -0.1) is 0 Å². The second-order valence-electron chi connectivity index (χ2n) is 10.5. The first-order valence-corrected chi connectivity index (χ1v) is 11.5. The zero-order chi connectivity index (χ0) is 20.8. The van der Waals surface area contributed by atoms with Crippen LogP contribution in [0.2, 0.25) is 0 Å². The Morgan fingerprint density at radius 2 is 1.97 bits per heavy atom. The maximum Gasteiger partial charge on any atom is 0.223 e. The van der Waals surface area contributed by atoms with E-state index >= 15 is 0 Å². The van der Waals surface area contributed by atoms with Gasteiger partial charge in [0.15, 0.2) is 0 Å². The maximum atomic E-state index is 14.7. The molecule has 160 valence electrons. The molecule has 3 atom stereocenters. The number of nitrogens with zero attached hydrogens (tertiary/aromatic N) is 3. The lowest BCUT2D eigenvalue weighted by Crippen LogP contribution is -2.65. The van der Waals surface area contributed by atoms with Crippen LogP contribution in [0.5, 0.6) is 0 Å².